The number of nitrogens with zero attached hydrogens (tertiary/aromatic N) is 1. The van der Waals surface area contributed by atoms with Gasteiger partial charge in [-0.05, 0) is 53.1 Å². The van der Waals surface area contributed by atoms with Crippen LogP contribution in [0.2, 0.25) is 0 Å². The molecule has 0 aromatic heterocycles. The van der Waals surface area contributed by atoms with Crippen molar-refractivity contribution in [1.29, 1.82) is 0 Å². The Kier molecular flexibility index (Phi) is 4.45. The van der Waals surface area contributed by atoms with Crippen molar-refractivity contribution in [3.05, 3.63) is 32.8 Å². The first kappa shape index (κ1) is 14.3. The SMILES string of the molecule is CC1CCC(Nc2cc([N+](=O)[O-])ccc2Br)CC1C. The van der Waals surface area contributed by atoms with Crippen molar-refractivity contribution >= 4 is 27.3 Å². The highest BCUT2D eigenvalue weighted by Crippen LogP contribution is 2.33. The number of nitro benzene ring substituents is 1. The summed E-state index contributed by atoms with van der Waals surface area (Å²) in [6, 6.07) is 5.26. The molecule has 0 heterocycles. The molecule has 5 heteroatoms. The van der Waals surface area contributed by atoms with E-state index in [0.29, 0.717) is 12.0 Å². The van der Waals surface area contributed by atoms with E-state index < -0.39 is 0 Å². The molecule has 1 aliphatic carbocycles. The zero-order chi connectivity index (χ0) is 14.0. The third kappa shape index (κ3) is 3.47. The van der Waals surface area contributed by atoms with Gasteiger partial charge in [0.1, 0.15) is 0 Å². The summed E-state index contributed by atoms with van der Waals surface area (Å²) in [5.74, 6) is 1.47. The first-order chi connectivity index (χ1) is 8.97. The predicted octanol–water partition coefficient (Wildman–Crippen LogP) is 4.59. The maximum absolute atomic E-state index is 10.8. The minimum atomic E-state index is -0.358. The van der Waals surface area contributed by atoms with Crippen LogP contribution in [0.25, 0.3) is 0 Å². The van der Waals surface area contributed by atoms with Crippen LogP contribution < -0.4 is 5.32 Å². The van der Waals surface area contributed by atoms with Crippen LogP contribution in [-0.2, 0) is 0 Å². The molecule has 19 heavy (non-hydrogen) atoms. The van der Waals surface area contributed by atoms with E-state index in [1.165, 1.54) is 12.5 Å². The van der Waals surface area contributed by atoms with Crippen LogP contribution in [0, 0.1) is 22.0 Å². The van der Waals surface area contributed by atoms with Crippen molar-refractivity contribution in [1.82, 2.24) is 0 Å². The van der Waals surface area contributed by atoms with Crippen LogP contribution in [0.3, 0.4) is 0 Å². The summed E-state index contributed by atoms with van der Waals surface area (Å²) in [6.45, 7) is 4.57. The molecule has 1 saturated carbocycles. The lowest BCUT2D eigenvalue weighted by molar-refractivity contribution is -0.384. The zero-order valence-corrected chi connectivity index (χ0v) is 12.8. The van der Waals surface area contributed by atoms with Crippen molar-refractivity contribution in [3.8, 4) is 0 Å². The average Bonchev–Trinajstić information content (AvgIpc) is 2.36. The summed E-state index contributed by atoms with van der Waals surface area (Å²) < 4.78 is 0.879. The van der Waals surface area contributed by atoms with Crippen molar-refractivity contribution in [2.45, 2.75) is 39.2 Å². The Balaban J connectivity index is 2.10. The van der Waals surface area contributed by atoms with E-state index in [9.17, 15) is 10.1 Å². The Labute approximate surface area is 121 Å². The normalized spacial score (nSPS) is 27.0. The molecular weight excluding hydrogens is 308 g/mol. The van der Waals surface area contributed by atoms with Crippen molar-refractivity contribution in [2.24, 2.45) is 11.8 Å². The molecule has 104 valence electrons. The maximum Gasteiger partial charge on any atom is 0.271 e. The first-order valence-electron chi connectivity index (χ1n) is 6.68. The number of halogens is 1. The number of nitro groups is 1. The second-order valence-corrected chi connectivity index (χ2v) is 6.38. The van der Waals surface area contributed by atoms with Crippen LogP contribution in [-0.4, -0.2) is 11.0 Å². The molecule has 2 rings (SSSR count). The number of anilines is 1. The van der Waals surface area contributed by atoms with Crippen LogP contribution >= 0.6 is 15.9 Å². The first-order valence-corrected chi connectivity index (χ1v) is 7.47. The van der Waals surface area contributed by atoms with Gasteiger partial charge in [-0.3, -0.25) is 10.1 Å². The molecule has 0 radical (unpaired) electrons. The third-order valence-corrected chi connectivity index (χ3v) is 4.81. The number of benzene rings is 1. The fourth-order valence-electron chi connectivity index (χ4n) is 2.64. The molecule has 3 atom stereocenters. The maximum atomic E-state index is 10.8. The van der Waals surface area contributed by atoms with Crippen molar-refractivity contribution in [2.75, 3.05) is 5.32 Å². The lowest BCUT2D eigenvalue weighted by atomic mass is 9.79. The largest absolute Gasteiger partial charge is 0.381 e. The van der Waals surface area contributed by atoms with Gasteiger partial charge in [-0.25, -0.2) is 0 Å². The molecule has 0 spiro atoms. The second-order valence-electron chi connectivity index (χ2n) is 5.53. The molecule has 1 fully saturated rings. The summed E-state index contributed by atoms with van der Waals surface area (Å²) in [5, 5.41) is 14.3. The Hall–Kier alpha value is -1.10. The van der Waals surface area contributed by atoms with E-state index in [1.54, 1.807) is 12.1 Å². The van der Waals surface area contributed by atoms with E-state index in [4.69, 9.17) is 0 Å². The Morgan fingerprint density at radius 3 is 2.68 bits per heavy atom. The molecule has 3 unspecified atom stereocenters. The molecule has 0 saturated heterocycles. The number of hydrogen-bond donors (Lipinski definition) is 1. The quantitative estimate of drug-likeness (QED) is 0.652. The molecular formula is C14H19BrN2O2. The van der Waals surface area contributed by atoms with E-state index in [-0.39, 0.29) is 10.6 Å². The van der Waals surface area contributed by atoms with E-state index in [1.807, 2.05) is 0 Å². The molecule has 4 nitrogen and oxygen atoms in total. The molecule has 0 amide bonds. The lowest BCUT2D eigenvalue weighted by Crippen LogP contribution is -2.30. The smallest absolute Gasteiger partial charge is 0.271 e. The molecule has 1 aromatic carbocycles. The molecule has 0 bridgehead atoms. The van der Waals surface area contributed by atoms with Gasteiger partial charge in [0.2, 0.25) is 0 Å². The third-order valence-electron chi connectivity index (χ3n) is 4.12. The summed E-state index contributed by atoms with van der Waals surface area (Å²) >= 11 is 3.45. The Morgan fingerprint density at radius 2 is 2.05 bits per heavy atom. The number of rotatable bonds is 3. The minimum absolute atomic E-state index is 0.128. The number of non-ortho nitro benzene ring substituents is 1. The summed E-state index contributed by atoms with van der Waals surface area (Å²) in [6.07, 6.45) is 3.46. The van der Waals surface area contributed by atoms with E-state index >= 15 is 0 Å². The van der Waals surface area contributed by atoms with Crippen LogP contribution in [0.4, 0.5) is 11.4 Å². The van der Waals surface area contributed by atoms with Gasteiger partial charge in [0, 0.05) is 22.6 Å². The topological polar surface area (TPSA) is 55.2 Å². The van der Waals surface area contributed by atoms with Gasteiger partial charge in [-0.1, -0.05) is 13.8 Å². The highest BCUT2D eigenvalue weighted by molar-refractivity contribution is 9.10. The van der Waals surface area contributed by atoms with E-state index in [0.717, 1.165) is 28.9 Å². The number of hydrogen-bond acceptors (Lipinski definition) is 3. The fourth-order valence-corrected chi connectivity index (χ4v) is 3.00. The zero-order valence-electron chi connectivity index (χ0n) is 11.2. The van der Waals surface area contributed by atoms with Gasteiger partial charge in [0.15, 0.2) is 0 Å². The van der Waals surface area contributed by atoms with Crippen molar-refractivity contribution < 1.29 is 4.92 Å². The summed E-state index contributed by atoms with van der Waals surface area (Å²) in [7, 11) is 0. The second kappa shape index (κ2) is 5.90. The molecule has 1 aromatic rings. The average molecular weight is 327 g/mol. The molecule has 1 N–H and O–H groups in total. The van der Waals surface area contributed by atoms with Gasteiger partial charge >= 0.3 is 0 Å². The van der Waals surface area contributed by atoms with Gasteiger partial charge in [0.05, 0.1) is 10.6 Å². The predicted molar refractivity (Wildman–Crippen MR) is 80.4 cm³/mol. The summed E-state index contributed by atoms with van der Waals surface area (Å²) in [5.41, 5.74) is 0.948. The van der Waals surface area contributed by atoms with Crippen molar-refractivity contribution in [3.63, 3.8) is 0 Å². The van der Waals surface area contributed by atoms with Gasteiger partial charge in [-0.2, -0.15) is 0 Å². The standard InChI is InChI=1S/C14H19BrN2O2/c1-9-3-4-11(7-10(9)2)16-14-8-12(17(18)19)5-6-13(14)15/h5-6,8-11,16H,3-4,7H2,1-2H3. The van der Waals surface area contributed by atoms with Gasteiger partial charge in [-0.15, -0.1) is 0 Å². The Bertz CT molecular complexity index is 479. The minimum Gasteiger partial charge on any atom is -0.381 e. The summed E-state index contributed by atoms with van der Waals surface area (Å²) in [4.78, 5) is 10.5. The molecule has 0 aliphatic heterocycles. The highest BCUT2D eigenvalue weighted by Gasteiger charge is 2.25. The number of nitrogens with one attached hydrogen (secondary N) is 1. The monoisotopic (exact) mass is 326 g/mol. The van der Waals surface area contributed by atoms with Gasteiger partial charge < -0.3 is 5.32 Å². The van der Waals surface area contributed by atoms with Crippen LogP contribution in [0.1, 0.15) is 33.1 Å². The molecule has 1 aliphatic rings. The fraction of sp³-hybridized carbons (Fsp3) is 0.571. The van der Waals surface area contributed by atoms with Crippen LogP contribution in [0.5, 0.6) is 0 Å². The van der Waals surface area contributed by atoms with E-state index in [2.05, 4.69) is 35.1 Å². The Morgan fingerprint density at radius 1 is 1.32 bits per heavy atom. The highest BCUT2D eigenvalue weighted by atomic mass is 79.9. The lowest BCUT2D eigenvalue weighted by Gasteiger charge is -2.33. The van der Waals surface area contributed by atoms with Crippen LogP contribution in [0.15, 0.2) is 22.7 Å². The van der Waals surface area contributed by atoms with Gasteiger partial charge in [0.25, 0.3) is 5.69 Å².